The second-order valence-corrected chi connectivity index (χ2v) is 8.24. The number of carbonyl (C=O) groups is 2. The van der Waals surface area contributed by atoms with E-state index in [0.717, 1.165) is 19.1 Å². The third-order valence-electron chi connectivity index (χ3n) is 6.02. The average molecular weight is 441 g/mol. The molecule has 0 saturated carbocycles. The molecule has 32 heavy (non-hydrogen) atoms. The highest BCUT2D eigenvalue weighted by Gasteiger charge is 2.27. The summed E-state index contributed by atoms with van der Waals surface area (Å²) < 4.78 is 0. The fourth-order valence-electron chi connectivity index (χ4n) is 4.29. The molecule has 0 aliphatic carbocycles. The number of hydrogen-bond acceptors (Lipinski definition) is 6. The van der Waals surface area contributed by atoms with Gasteiger partial charge < -0.3 is 10.2 Å². The van der Waals surface area contributed by atoms with Gasteiger partial charge in [-0.2, -0.15) is 0 Å². The Kier molecular flexibility index (Phi) is 9.15. The fourth-order valence-corrected chi connectivity index (χ4v) is 4.29. The van der Waals surface area contributed by atoms with Gasteiger partial charge in [0, 0.05) is 64.6 Å². The van der Waals surface area contributed by atoms with Gasteiger partial charge in [-0.15, -0.1) is 0 Å². The van der Waals surface area contributed by atoms with Gasteiger partial charge in [0.25, 0.3) is 0 Å². The number of hydrogen-bond donors (Lipinski definition) is 2. The third-order valence-corrected chi connectivity index (χ3v) is 6.02. The van der Waals surface area contributed by atoms with Crippen molar-refractivity contribution in [3.05, 3.63) is 66.0 Å². The van der Waals surface area contributed by atoms with Crippen molar-refractivity contribution in [3.8, 4) is 0 Å². The number of rotatable bonds is 5. The first-order valence-electron chi connectivity index (χ1n) is 11.1. The van der Waals surface area contributed by atoms with E-state index < -0.39 is 11.9 Å². The molecule has 0 bridgehead atoms. The first kappa shape index (κ1) is 23.8. The van der Waals surface area contributed by atoms with Crippen molar-refractivity contribution in [2.75, 3.05) is 39.3 Å². The molecule has 2 fully saturated rings. The van der Waals surface area contributed by atoms with Gasteiger partial charge in [0.05, 0.1) is 5.69 Å². The van der Waals surface area contributed by atoms with Crippen LogP contribution in [-0.4, -0.2) is 87.1 Å². The Morgan fingerprint density at radius 3 is 1.94 bits per heavy atom. The maximum atomic E-state index is 9.10. The summed E-state index contributed by atoms with van der Waals surface area (Å²) in [6.45, 7) is 9.33. The first-order chi connectivity index (χ1) is 15.5. The molecule has 0 atom stereocenters. The van der Waals surface area contributed by atoms with E-state index in [2.05, 4.69) is 62.1 Å². The number of carboxylic acids is 2. The Labute approximate surface area is 189 Å². The smallest absolute Gasteiger partial charge is 0.414 e. The molecule has 2 aliphatic heterocycles. The van der Waals surface area contributed by atoms with Crippen molar-refractivity contribution < 1.29 is 19.8 Å². The zero-order valence-corrected chi connectivity index (χ0v) is 18.3. The topological polar surface area (TPSA) is 97.2 Å². The zero-order valence-electron chi connectivity index (χ0n) is 18.3. The largest absolute Gasteiger partial charge is 0.473 e. The maximum Gasteiger partial charge on any atom is 0.414 e. The van der Waals surface area contributed by atoms with Crippen LogP contribution in [0, 0.1) is 0 Å². The third kappa shape index (κ3) is 7.71. The van der Waals surface area contributed by atoms with E-state index >= 15 is 0 Å². The molecule has 1 aromatic heterocycles. The monoisotopic (exact) mass is 440 g/mol. The second-order valence-electron chi connectivity index (χ2n) is 8.24. The van der Waals surface area contributed by atoms with E-state index in [1.807, 2.05) is 12.3 Å². The van der Waals surface area contributed by atoms with Gasteiger partial charge in [-0.05, 0) is 30.5 Å². The summed E-state index contributed by atoms with van der Waals surface area (Å²) in [5.41, 5.74) is 2.63. The summed E-state index contributed by atoms with van der Waals surface area (Å²) in [7, 11) is 0. The first-order valence-corrected chi connectivity index (χ1v) is 11.1. The van der Waals surface area contributed by atoms with Crippen LogP contribution < -0.4 is 0 Å². The Bertz CT molecular complexity index is 762. The number of piperazine rings is 1. The van der Waals surface area contributed by atoms with Crippen LogP contribution in [0.2, 0.25) is 0 Å². The van der Waals surface area contributed by atoms with Crippen molar-refractivity contribution in [1.82, 2.24) is 19.7 Å². The molecule has 0 amide bonds. The normalized spacial score (nSPS) is 18.5. The van der Waals surface area contributed by atoms with Crippen molar-refractivity contribution in [1.29, 1.82) is 0 Å². The number of aromatic nitrogens is 1. The lowest BCUT2D eigenvalue weighted by Gasteiger charge is -2.42. The van der Waals surface area contributed by atoms with Crippen LogP contribution in [0.4, 0.5) is 0 Å². The summed E-state index contributed by atoms with van der Waals surface area (Å²) in [4.78, 5) is 30.6. The summed E-state index contributed by atoms with van der Waals surface area (Å²) in [5.74, 6) is -3.65. The second kappa shape index (κ2) is 12.3. The minimum atomic E-state index is -1.82. The number of carboxylic acid groups (broad SMARTS) is 2. The number of aliphatic carboxylic acids is 2. The van der Waals surface area contributed by atoms with Gasteiger partial charge in [0.15, 0.2) is 0 Å². The van der Waals surface area contributed by atoms with E-state index in [1.54, 1.807) is 0 Å². The van der Waals surface area contributed by atoms with Crippen molar-refractivity contribution in [2.45, 2.75) is 32.0 Å². The van der Waals surface area contributed by atoms with Crippen molar-refractivity contribution in [3.63, 3.8) is 0 Å². The Morgan fingerprint density at radius 2 is 1.38 bits per heavy atom. The van der Waals surface area contributed by atoms with Crippen LogP contribution in [0.5, 0.6) is 0 Å². The lowest BCUT2D eigenvalue weighted by molar-refractivity contribution is -0.159. The summed E-state index contributed by atoms with van der Waals surface area (Å²) >= 11 is 0. The summed E-state index contributed by atoms with van der Waals surface area (Å²) in [6.07, 6.45) is 4.49. The zero-order chi connectivity index (χ0) is 22.8. The number of likely N-dealkylation sites (tertiary alicyclic amines) is 1. The quantitative estimate of drug-likeness (QED) is 0.682. The van der Waals surface area contributed by atoms with Crippen LogP contribution in [0.15, 0.2) is 54.7 Å². The highest BCUT2D eigenvalue weighted by atomic mass is 16.4. The van der Waals surface area contributed by atoms with E-state index in [1.165, 1.54) is 63.4 Å². The fraction of sp³-hybridized carbons (Fsp3) is 0.458. The minimum Gasteiger partial charge on any atom is -0.473 e. The highest BCUT2D eigenvalue weighted by Crippen LogP contribution is 2.20. The average Bonchev–Trinajstić information content (AvgIpc) is 2.82. The molecule has 0 radical (unpaired) electrons. The molecule has 2 saturated heterocycles. The van der Waals surface area contributed by atoms with Gasteiger partial charge in [-0.3, -0.25) is 19.7 Å². The van der Waals surface area contributed by atoms with Gasteiger partial charge >= 0.3 is 11.9 Å². The van der Waals surface area contributed by atoms with Crippen molar-refractivity contribution in [2.24, 2.45) is 0 Å². The van der Waals surface area contributed by atoms with Gasteiger partial charge in [-0.25, -0.2) is 9.59 Å². The van der Waals surface area contributed by atoms with E-state index in [9.17, 15) is 0 Å². The molecule has 0 unspecified atom stereocenters. The number of piperidine rings is 1. The highest BCUT2D eigenvalue weighted by molar-refractivity contribution is 6.27. The molecular weight excluding hydrogens is 408 g/mol. The number of pyridine rings is 1. The summed E-state index contributed by atoms with van der Waals surface area (Å²) in [5, 5.41) is 14.8. The van der Waals surface area contributed by atoms with Crippen LogP contribution >= 0.6 is 0 Å². The lowest BCUT2D eigenvalue weighted by atomic mass is 10.0. The van der Waals surface area contributed by atoms with E-state index in [-0.39, 0.29) is 0 Å². The maximum absolute atomic E-state index is 9.10. The van der Waals surface area contributed by atoms with Crippen LogP contribution in [-0.2, 0) is 22.7 Å². The molecule has 2 N–H and O–H groups in total. The molecule has 2 aliphatic rings. The lowest BCUT2D eigenvalue weighted by Crippen LogP contribution is -2.52. The number of benzene rings is 1. The molecule has 2 aromatic rings. The molecular formula is C24H32N4O4. The Morgan fingerprint density at radius 1 is 0.781 bits per heavy atom. The molecule has 8 nitrogen and oxygen atoms in total. The van der Waals surface area contributed by atoms with E-state index in [0.29, 0.717) is 0 Å². The SMILES string of the molecule is O=C(O)C(=O)O.c1ccc(CN2CCN(C3CCN(Cc4ccccn4)CC3)CC2)cc1. The Hall–Kier alpha value is -2.81. The van der Waals surface area contributed by atoms with E-state index in [4.69, 9.17) is 19.8 Å². The molecule has 3 heterocycles. The van der Waals surface area contributed by atoms with Gasteiger partial charge in [-0.1, -0.05) is 36.4 Å². The summed E-state index contributed by atoms with van der Waals surface area (Å²) in [6, 6.07) is 17.9. The van der Waals surface area contributed by atoms with Gasteiger partial charge in [0.2, 0.25) is 0 Å². The molecule has 4 rings (SSSR count). The number of nitrogens with zero attached hydrogens (tertiary/aromatic N) is 4. The molecule has 172 valence electrons. The van der Waals surface area contributed by atoms with Crippen LogP contribution in [0.1, 0.15) is 24.1 Å². The Balaban J connectivity index is 0.000000427. The van der Waals surface area contributed by atoms with Crippen molar-refractivity contribution >= 4 is 11.9 Å². The van der Waals surface area contributed by atoms with Crippen LogP contribution in [0.25, 0.3) is 0 Å². The van der Waals surface area contributed by atoms with Crippen LogP contribution in [0.3, 0.4) is 0 Å². The predicted molar refractivity (Wildman–Crippen MR) is 121 cm³/mol. The molecule has 8 heteroatoms. The predicted octanol–water partition coefficient (Wildman–Crippen LogP) is 2.02. The van der Waals surface area contributed by atoms with Gasteiger partial charge in [0.1, 0.15) is 0 Å². The minimum absolute atomic E-state index is 0.772. The standard InChI is InChI=1S/C22H30N4.C2H2O4/c1-2-6-20(7-3-1)18-25-14-16-26(17-15-25)22-9-12-24(13-10-22)19-21-8-4-5-11-23-21;3-1(4)2(5)6/h1-8,11,22H,9-10,12-19H2;(H,3,4)(H,5,6). The molecule has 1 aromatic carbocycles. The molecule has 0 spiro atoms.